The Kier molecular flexibility index (Phi) is 7.60. The quantitative estimate of drug-likeness (QED) is 0.445. The number of pyridine rings is 1. The van der Waals surface area contributed by atoms with Gasteiger partial charge in [0.05, 0.1) is 17.2 Å². The zero-order valence-electron chi connectivity index (χ0n) is 22.3. The molecular formula is C29H40N6O2. The number of nitrogens with zero attached hydrogens (tertiary/aromatic N) is 4. The Bertz CT molecular complexity index is 1230. The molecule has 0 atom stereocenters. The van der Waals surface area contributed by atoms with Crippen molar-refractivity contribution in [2.75, 3.05) is 38.0 Å². The largest absolute Gasteiger partial charge is 0.386 e. The summed E-state index contributed by atoms with van der Waals surface area (Å²) in [5.41, 5.74) is 2.05. The first-order chi connectivity index (χ1) is 17.8. The average Bonchev–Trinajstić information content (AvgIpc) is 3.30. The molecule has 2 aliphatic heterocycles. The van der Waals surface area contributed by atoms with Crippen LogP contribution >= 0.6 is 0 Å². The minimum Gasteiger partial charge on any atom is -0.386 e. The standard InChI is InChI=1S/C29H40N6O2/c1-20-5-4-6-25(31-20)28(36)32-27-17-22-19-35(33-26(22)18-24(27)29(2,3)37)23-10-15-34(16-11-23)14-9-21-7-12-30-13-8-21/h4-6,17-19,21,23,30,37H,7-16H2,1-3H3,(H,32,36). The third kappa shape index (κ3) is 6.20. The predicted octanol–water partition coefficient (Wildman–Crippen LogP) is 4.25. The van der Waals surface area contributed by atoms with Crippen LogP contribution in [0.5, 0.6) is 0 Å². The van der Waals surface area contributed by atoms with E-state index in [1.807, 2.05) is 31.2 Å². The number of aryl methyl sites for hydroxylation is 1. The lowest BCUT2D eigenvalue weighted by Crippen LogP contribution is -2.37. The minimum atomic E-state index is -1.14. The fraction of sp³-hybridized carbons (Fsp3) is 0.552. The van der Waals surface area contributed by atoms with Gasteiger partial charge in [-0.25, -0.2) is 4.98 Å². The van der Waals surface area contributed by atoms with Crippen LogP contribution in [0.1, 0.15) is 73.7 Å². The van der Waals surface area contributed by atoms with Crippen molar-refractivity contribution >= 4 is 22.5 Å². The molecule has 0 radical (unpaired) electrons. The fourth-order valence-corrected chi connectivity index (χ4v) is 5.69. The number of rotatable bonds is 7. The zero-order chi connectivity index (χ0) is 26.0. The number of nitrogens with one attached hydrogen (secondary N) is 2. The third-order valence-electron chi connectivity index (χ3n) is 7.93. The maximum Gasteiger partial charge on any atom is 0.274 e. The molecule has 2 fully saturated rings. The van der Waals surface area contributed by atoms with E-state index in [-0.39, 0.29) is 5.91 Å². The Morgan fingerprint density at radius 1 is 1.16 bits per heavy atom. The van der Waals surface area contributed by atoms with E-state index in [1.54, 1.807) is 19.9 Å². The number of likely N-dealkylation sites (tertiary alicyclic amines) is 1. The van der Waals surface area contributed by atoms with Gasteiger partial charge in [0, 0.05) is 41.6 Å². The predicted molar refractivity (Wildman–Crippen MR) is 147 cm³/mol. The first-order valence-corrected chi connectivity index (χ1v) is 13.7. The molecule has 1 aromatic carbocycles. The van der Waals surface area contributed by atoms with Crippen LogP contribution < -0.4 is 10.6 Å². The molecule has 8 nitrogen and oxygen atoms in total. The molecule has 2 aliphatic rings. The molecule has 3 N–H and O–H groups in total. The van der Waals surface area contributed by atoms with Crippen LogP contribution in [-0.2, 0) is 5.60 Å². The van der Waals surface area contributed by atoms with Gasteiger partial charge in [-0.1, -0.05) is 6.07 Å². The Labute approximate surface area is 219 Å². The van der Waals surface area contributed by atoms with E-state index < -0.39 is 5.60 Å². The number of aromatic nitrogens is 3. The highest BCUT2D eigenvalue weighted by molar-refractivity contribution is 6.04. The summed E-state index contributed by atoms with van der Waals surface area (Å²) in [6.07, 6.45) is 8.19. The van der Waals surface area contributed by atoms with Gasteiger partial charge in [-0.3, -0.25) is 9.48 Å². The van der Waals surface area contributed by atoms with Crippen molar-refractivity contribution in [2.45, 2.75) is 64.5 Å². The Morgan fingerprint density at radius 2 is 1.92 bits per heavy atom. The first-order valence-electron chi connectivity index (χ1n) is 13.7. The molecule has 0 unspecified atom stereocenters. The third-order valence-corrected chi connectivity index (χ3v) is 7.93. The smallest absolute Gasteiger partial charge is 0.274 e. The van der Waals surface area contributed by atoms with Crippen molar-refractivity contribution in [1.82, 2.24) is 25.0 Å². The Hall–Kier alpha value is -2.81. The summed E-state index contributed by atoms with van der Waals surface area (Å²) in [5, 5.41) is 23.2. The maximum absolute atomic E-state index is 12.9. The molecule has 1 amide bonds. The van der Waals surface area contributed by atoms with Crippen LogP contribution in [0.25, 0.3) is 10.9 Å². The van der Waals surface area contributed by atoms with Gasteiger partial charge in [-0.05, 0) is 103 Å². The van der Waals surface area contributed by atoms with Crippen molar-refractivity contribution < 1.29 is 9.90 Å². The lowest BCUT2D eigenvalue weighted by atomic mass is 9.94. The topological polar surface area (TPSA) is 95.3 Å². The lowest BCUT2D eigenvalue weighted by Gasteiger charge is -2.33. The van der Waals surface area contributed by atoms with Gasteiger partial charge in [0.25, 0.3) is 5.91 Å². The molecule has 198 valence electrons. The van der Waals surface area contributed by atoms with Gasteiger partial charge in [-0.2, -0.15) is 5.10 Å². The number of carbonyl (C=O) groups excluding carboxylic acids is 1. The number of hydrogen-bond donors (Lipinski definition) is 3. The molecular weight excluding hydrogens is 464 g/mol. The Morgan fingerprint density at radius 3 is 2.62 bits per heavy atom. The Balaban J connectivity index is 1.29. The monoisotopic (exact) mass is 504 g/mol. The van der Waals surface area contributed by atoms with Crippen LogP contribution in [0.2, 0.25) is 0 Å². The second-order valence-corrected chi connectivity index (χ2v) is 11.3. The normalized spacial score (nSPS) is 18.4. The highest BCUT2D eigenvalue weighted by atomic mass is 16.3. The van der Waals surface area contributed by atoms with E-state index in [2.05, 4.69) is 31.4 Å². The van der Waals surface area contributed by atoms with Gasteiger partial charge in [-0.15, -0.1) is 0 Å². The molecule has 0 saturated carbocycles. The van der Waals surface area contributed by atoms with Crippen LogP contribution in [0.3, 0.4) is 0 Å². The summed E-state index contributed by atoms with van der Waals surface area (Å²) in [6, 6.07) is 9.57. The summed E-state index contributed by atoms with van der Waals surface area (Å²) in [5.74, 6) is 0.578. The van der Waals surface area contributed by atoms with Crippen molar-refractivity contribution in [3.63, 3.8) is 0 Å². The molecule has 5 rings (SSSR count). The van der Waals surface area contributed by atoms with Crippen molar-refractivity contribution in [3.8, 4) is 0 Å². The minimum absolute atomic E-state index is 0.294. The molecule has 0 aliphatic carbocycles. The number of carbonyl (C=O) groups is 1. The van der Waals surface area contributed by atoms with Gasteiger partial charge < -0.3 is 20.6 Å². The molecule has 2 saturated heterocycles. The van der Waals surface area contributed by atoms with Crippen LogP contribution in [0.4, 0.5) is 5.69 Å². The van der Waals surface area contributed by atoms with Crippen LogP contribution in [0, 0.1) is 12.8 Å². The SMILES string of the molecule is Cc1cccc(C(=O)Nc2cc3cn(C4CCN(CCC5CCNCC5)CC4)nc3cc2C(C)(C)O)n1. The maximum atomic E-state index is 12.9. The van der Waals surface area contributed by atoms with Gasteiger partial charge in [0.15, 0.2) is 0 Å². The second kappa shape index (κ2) is 10.9. The molecule has 4 heterocycles. The van der Waals surface area contributed by atoms with E-state index in [0.717, 1.165) is 48.4 Å². The molecule has 2 aromatic heterocycles. The summed E-state index contributed by atoms with van der Waals surface area (Å²) in [7, 11) is 0. The van der Waals surface area contributed by atoms with Crippen molar-refractivity contribution in [3.05, 3.63) is 53.5 Å². The molecule has 0 bridgehead atoms. The number of amides is 1. The van der Waals surface area contributed by atoms with E-state index >= 15 is 0 Å². The van der Waals surface area contributed by atoms with Crippen molar-refractivity contribution in [1.29, 1.82) is 0 Å². The number of fused-ring (bicyclic) bond motifs is 1. The van der Waals surface area contributed by atoms with E-state index in [1.165, 1.54) is 38.9 Å². The number of hydrogen-bond acceptors (Lipinski definition) is 6. The molecule has 8 heteroatoms. The average molecular weight is 505 g/mol. The zero-order valence-corrected chi connectivity index (χ0v) is 22.3. The van der Waals surface area contributed by atoms with E-state index in [4.69, 9.17) is 5.10 Å². The van der Waals surface area contributed by atoms with Crippen molar-refractivity contribution in [2.24, 2.45) is 5.92 Å². The van der Waals surface area contributed by atoms with E-state index in [9.17, 15) is 9.90 Å². The molecule has 0 spiro atoms. The lowest BCUT2D eigenvalue weighted by molar-refractivity contribution is 0.0793. The van der Waals surface area contributed by atoms with Crippen LogP contribution in [0.15, 0.2) is 36.5 Å². The van der Waals surface area contributed by atoms with Crippen LogP contribution in [-0.4, -0.2) is 63.4 Å². The van der Waals surface area contributed by atoms with E-state index in [0.29, 0.717) is 23.0 Å². The highest BCUT2D eigenvalue weighted by Gasteiger charge is 2.26. The van der Waals surface area contributed by atoms with Gasteiger partial charge in [0.1, 0.15) is 5.69 Å². The van der Waals surface area contributed by atoms with Gasteiger partial charge >= 0.3 is 0 Å². The summed E-state index contributed by atoms with van der Waals surface area (Å²) >= 11 is 0. The summed E-state index contributed by atoms with van der Waals surface area (Å²) in [6.45, 7) is 11.1. The number of piperidine rings is 2. The highest BCUT2D eigenvalue weighted by Crippen LogP contribution is 2.33. The summed E-state index contributed by atoms with van der Waals surface area (Å²) in [4.78, 5) is 19.9. The first kappa shape index (κ1) is 25.8. The molecule has 37 heavy (non-hydrogen) atoms. The second-order valence-electron chi connectivity index (χ2n) is 11.3. The number of benzene rings is 1. The summed E-state index contributed by atoms with van der Waals surface area (Å²) < 4.78 is 2.09. The fourth-order valence-electron chi connectivity index (χ4n) is 5.69. The number of anilines is 1. The number of aliphatic hydroxyl groups is 1. The van der Waals surface area contributed by atoms with Gasteiger partial charge in [0.2, 0.25) is 0 Å². The molecule has 3 aromatic rings.